The third kappa shape index (κ3) is 3.42. The van der Waals surface area contributed by atoms with Crippen molar-refractivity contribution in [2.24, 2.45) is 4.99 Å². The molecule has 1 aliphatic heterocycles. The van der Waals surface area contributed by atoms with Crippen LogP contribution in [0.15, 0.2) is 34.5 Å². The zero-order chi connectivity index (χ0) is 16.3. The molecule has 0 amide bonds. The number of rotatable bonds is 3. The lowest BCUT2D eigenvalue weighted by atomic mass is 9.96. The Morgan fingerprint density at radius 2 is 2.05 bits per heavy atom. The van der Waals surface area contributed by atoms with Crippen LogP contribution in [0.3, 0.4) is 0 Å². The third-order valence-corrected chi connectivity index (χ3v) is 4.43. The zero-order valence-electron chi connectivity index (χ0n) is 12.4. The van der Waals surface area contributed by atoms with Gasteiger partial charge in [-0.3, -0.25) is 0 Å². The van der Waals surface area contributed by atoms with Crippen LogP contribution in [0.25, 0.3) is 0 Å². The first-order valence-corrected chi connectivity index (χ1v) is 8.68. The Morgan fingerprint density at radius 3 is 2.59 bits per heavy atom. The van der Waals surface area contributed by atoms with Crippen molar-refractivity contribution in [3.05, 3.63) is 45.1 Å². The van der Waals surface area contributed by atoms with Crippen LogP contribution in [0.4, 0.5) is 0 Å². The number of allylic oxidation sites excluding steroid dienone is 1. The van der Waals surface area contributed by atoms with Gasteiger partial charge in [0.1, 0.15) is 6.04 Å². The van der Waals surface area contributed by atoms with E-state index in [-0.39, 0.29) is 6.61 Å². The van der Waals surface area contributed by atoms with E-state index in [1.54, 1.807) is 25.1 Å². The number of thioether (sulfide) groups is 1. The zero-order valence-corrected chi connectivity index (χ0v) is 14.8. The van der Waals surface area contributed by atoms with Crippen molar-refractivity contribution in [3.63, 3.8) is 0 Å². The molecule has 0 saturated carbocycles. The number of benzene rings is 1. The van der Waals surface area contributed by atoms with Crippen molar-refractivity contribution >= 4 is 46.1 Å². The normalized spacial score (nSPS) is 17.9. The van der Waals surface area contributed by atoms with E-state index in [1.165, 1.54) is 11.8 Å². The summed E-state index contributed by atoms with van der Waals surface area (Å²) < 4.78 is 5.15. The highest BCUT2D eigenvalue weighted by molar-refractivity contribution is 8.13. The fourth-order valence-corrected chi connectivity index (χ4v) is 3.28. The predicted octanol–water partition coefficient (Wildman–Crippen LogP) is 4.19. The average molecular weight is 359 g/mol. The molecular weight excluding hydrogens is 343 g/mol. The van der Waals surface area contributed by atoms with Gasteiger partial charge in [0.05, 0.1) is 12.2 Å². The van der Waals surface area contributed by atoms with Crippen LogP contribution in [0.2, 0.25) is 10.0 Å². The molecule has 118 valence electrons. The van der Waals surface area contributed by atoms with Crippen molar-refractivity contribution in [3.8, 4) is 0 Å². The number of hydrogen-bond acceptors (Lipinski definition) is 5. The molecule has 0 aromatic heterocycles. The number of carbonyl (C=O) groups excluding carboxylic acids is 1. The first-order valence-electron chi connectivity index (χ1n) is 6.70. The van der Waals surface area contributed by atoms with E-state index in [1.807, 2.05) is 13.2 Å². The van der Waals surface area contributed by atoms with Gasteiger partial charge in [0.15, 0.2) is 5.17 Å². The number of hydrogen-bond donors (Lipinski definition) is 1. The van der Waals surface area contributed by atoms with Crippen LogP contribution in [-0.4, -0.2) is 24.0 Å². The maximum atomic E-state index is 12.3. The summed E-state index contributed by atoms with van der Waals surface area (Å²) in [5.74, 6) is -0.419. The van der Waals surface area contributed by atoms with Gasteiger partial charge in [-0.05, 0) is 32.2 Å². The Morgan fingerprint density at radius 1 is 1.41 bits per heavy atom. The predicted molar refractivity (Wildman–Crippen MR) is 92.6 cm³/mol. The van der Waals surface area contributed by atoms with Gasteiger partial charge in [0.25, 0.3) is 0 Å². The second-order valence-electron chi connectivity index (χ2n) is 4.56. The minimum Gasteiger partial charge on any atom is -0.463 e. The van der Waals surface area contributed by atoms with Gasteiger partial charge in [0.2, 0.25) is 0 Å². The fourth-order valence-electron chi connectivity index (χ4n) is 2.21. The van der Waals surface area contributed by atoms with Gasteiger partial charge in [-0.2, -0.15) is 0 Å². The van der Waals surface area contributed by atoms with Gasteiger partial charge in [-0.1, -0.05) is 41.0 Å². The summed E-state index contributed by atoms with van der Waals surface area (Å²) in [5, 5.41) is 4.74. The maximum absolute atomic E-state index is 12.3. The molecule has 1 aliphatic rings. The lowest BCUT2D eigenvalue weighted by molar-refractivity contribution is -0.138. The topological polar surface area (TPSA) is 50.7 Å². The first-order chi connectivity index (χ1) is 10.5. The molecule has 1 N–H and O–H groups in total. The van der Waals surface area contributed by atoms with E-state index in [0.717, 1.165) is 0 Å². The number of amidine groups is 1. The Bertz CT molecular complexity index is 639. The molecule has 1 aromatic carbocycles. The smallest absolute Gasteiger partial charge is 0.338 e. The van der Waals surface area contributed by atoms with E-state index in [2.05, 4.69) is 10.3 Å². The maximum Gasteiger partial charge on any atom is 0.338 e. The van der Waals surface area contributed by atoms with Crippen LogP contribution in [0.5, 0.6) is 0 Å². The SMILES string of the molecule is CCOC(=O)C1=C(C)NC(SC)=NC1c1c(Cl)cccc1Cl. The summed E-state index contributed by atoms with van der Waals surface area (Å²) in [7, 11) is 0. The van der Waals surface area contributed by atoms with Crippen molar-refractivity contribution in [1.29, 1.82) is 0 Å². The molecule has 0 radical (unpaired) electrons. The van der Waals surface area contributed by atoms with Crippen LogP contribution >= 0.6 is 35.0 Å². The van der Waals surface area contributed by atoms with E-state index in [0.29, 0.717) is 32.0 Å². The van der Waals surface area contributed by atoms with Crippen LogP contribution < -0.4 is 5.32 Å². The standard InChI is InChI=1S/C15H16Cl2N2O2S/c1-4-21-14(20)11-8(2)18-15(22-3)19-13(11)12-9(16)6-5-7-10(12)17/h5-7,13H,4H2,1-3H3,(H,18,19). The largest absolute Gasteiger partial charge is 0.463 e. The van der Waals surface area contributed by atoms with Crippen molar-refractivity contribution in [2.75, 3.05) is 12.9 Å². The molecule has 2 rings (SSSR count). The number of ether oxygens (including phenoxy) is 1. The molecule has 0 fully saturated rings. The van der Waals surface area contributed by atoms with Gasteiger partial charge in [-0.25, -0.2) is 9.79 Å². The number of aliphatic imine (C=N–C) groups is 1. The van der Waals surface area contributed by atoms with E-state index in [9.17, 15) is 4.79 Å². The van der Waals surface area contributed by atoms with Gasteiger partial charge < -0.3 is 10.1 Å². The fraction of sp³-hybridized carbons (Fsp3) is 0.333. The number of nitrogens with one attached hydrogen (secondary N) is 1. The molecule has 0 spiro atoms. The van der Waals surface area contributed by atoms with Crippen molar-refractivity contribution < 1.29 is 9.53 Å². The summed E-state index contributed by atoms with van der Waals surface area (Å²) >= 11 is 14.0. The molecule has 4 nitrogen and oxygen atoms in total. The number of nitrogens with zero attached hydrogens (tertiary/aromatic N) is 1. The van der Waals surface area contributed by atoms with Crippen molar-refractivity contribution in [2.45, 2.75) is 19.9 Å². The monoisotopic (exact) mass is 358 g/mol. The Balaban J connectivity index is 2.58. The van der Waals surface area contributed by atoms with Gasteiger partial charge >= 0.3 is 5.97 Å². The Labute approximate surface area is 143 Å². The van der Waals surface area contributed by atoms with Crippen molar-refractivity contribution in [1.82, 2.24) is 5.32 Å². The summed E-state index contributed by atoms with van der Waals surface area (Å²) in [6.45, 7) is 3.87. The molecule has 1 aromatic rings. The third-order valence-electron chi connectivity index (χ3n) is 3.18. The van der Waals surface area contributed by atoms with Gasteiger partial charge in [-0.15, -0.1) is 0 Å². The minimum atomic E-state index is -0.580. The van der Waals surface area contributed by atoms with E-state index in [4.69, 9.17) is 27.9 Å². The number of halogens is 2. The summed E-state index contributed by atoms with van der Waals surface area (Å²) in [6.07, 6.45) is 1.90. The molecule has 0 saturated heterocycles. The number of esters is 1. The molecule has 1 unspecified atom stereocenters. The van der Waals surface area contributed by atoms with E-state index < -0.39 is 12.0 Å². The lowest BCUT2D eigenvalue weighted by Crippen LogP contribution is -2.30. The quantitative estimate of drug-likeness (QED) is 0.822. The summed E-state index contributed by atoms with van der Waals surface area (Å²) in [6, 6.07) is 4.65. The second kappa shape index (κ2) is 7.40. The highest BCUT2D eigenvalue weighted by Crippen LogP contribution is 2.39. The average Bonchev–Trinajstić information content (AvgIpc) is 2.46. The molecule has 1 atom stereocenters. The van der Waals surface area contributed by atoms with E-state index >= 15 is 0 Å². The first kappa shape index (κ1) is 17.2. The highest BCUT2D eigenvalue weighted by Gasteiger charge is 2.32. The Hall–Kier alpha value is -1.17. The molecule has 1 heterocycles. The van der Waals surface area contributed by atoms with Gasteiger partial charge in [0, 0.05) is 21.3 Å². The molecular formula is C15H16Cl2N2O2S. The molecule has 7 heteroatoms. The second-order valence-corrected chi connectivity index (χ2v) is 6.17. The molecule has 0 aliphatic carbocycles. The molecule has 0 bridgehead atoms. The van der Waals surface area contributed by atoms with Crippen LogP contribution in [0, 0.1) is 0 Å². The van der Waals surface area contributed by atoms with Crippen LogP contribution in [0.1, 0.15) is 25.5 Å². The highest BCUT2D eigenvalue weighted by atomic mass is 35.5. The Kier molecular flexibility index (Phi) is 5.78. The minimum absolute atomic E-state index is 0.289. The molecule has 22 heavy (non-hydrogen) atoms. The van der Waals surface area contributed by atoms with Crippen LogP contribution in [-0.2, 0) is 9.53 Å². The lowest BCUT2D eigenvalue weighted by Gasteiger charge is -2.26. The summed E-state index contributed by atoms with van der Waals surface area (Å²) in [5.41, 5.74) is 1.73. The summed E-state index contributed by atoms with van der Waals surface area (Å²) in [4.78, 5) is 16.9. The number of carbonyl (C=O) groups is 1.